The van der Waals surface area contributed by atoms with Crippen LogP contribution in [0.25, 0.3) is 0 Å². The lowest BCUT2D eigenvalue weighted by molar-refractivity contribution is -0.185. The lowest BCUT2D eigenvalue weighted by Crippen LogP contribution is -2.32. The van der Waals surface area contributed by atoms with Gasteiger partial charge in [-0.3, -0.25) is 0 Å². The van der Waals surface area contributed by atoms with Gasteiger partial charge in [-0.2, -0.15) is 13.2 Å². The highest BCUT2D eigenvalue weighted by atomic mass is 19.4. The quantitative estimate of drug-likeness (QED) is 0.883. The van der Waals surface area contributed by atoms with Crippen LogP contribution >= 0.6 is 0 Å². The summed E-state index contributed by atoms with van der Waals surface area (Å²) < 4.78 is 37.7. The molecule has 2 rings (SSSR count). The van der Waals surface area contributed by atoms with Crippen LogP contribution in [0.1, 0.15) is 31.2 Å². The van der Waals surface area contributed by atoms with Crippen molar-refractivity contribution in [3.05, 3.63) is 35.9 Å². The minimum Gasteiger partial charge on any atom is -0.392 e. The lowest BCUT2D eigenvalue weighted by Gasteiger charge is -2.32. The van der Waals surface area contributed by atoms with Crippen molar-refractivity contribution in [3.63, 3.8) is 0 Å². The molecule has 1 unspecified atom stereocenters. The zero-order chi connectivity index (χ0) is 13.9. The molecule has 0 bridgehead atoms. The number of benzene rings is 1. The van der Waals surface area contributed by atoms with Gasteiger partial charge in [0.15, 0.2) is 0 Å². The van der Waals surface area contributed by atoms with Crippen molar-refractivity contribution >= 4 is 0 Å². The molecule has 0 radical (unpaired) electrons. The molecule has 19 heavy (non-hydrogen) atoms. The minimum absolute atomic E-state index is 0.00111. The molecular weight excluding hydrogens is 253 g/mol. The SMILES string of the molecule is OC(Cc1ccccc1)C1CCC(C(F)(F)F)CC1. The summed E-state index contributed by atoms with van der Waals surface area (Å²) in [5, 5.41) is 10.1. The highest BCUT2D eigenvalue weighted by Crippen LogP contribution is 2.40. The van der Waals surface area contributed by atoms with Crippen LogP contribution < -0.4 is 0 Å². The second-order valence-corrected chi connectivity index (χ2v) is 5.41. The van der Waals surface area contributed by atoms with Crippen LogP contribution in [0.2, 0.25) is 0 Å². The van der Waals surface area contributed by atoms with Crippen molar-refractivity contribution in [3.8, 4) is 0 Å². The van der Waals surface area contributed by atoms with Crippen molar-refractivity contribution in [2.45, 2.75) is 44.4 Å². The molecule has 0 aliphatic heterocycles. The fourth-order valence-corrected chi connectivity index (χ4v) is 2.85. The number of hydrogen-bond acceptors (Lipinski definition) is 1. The molecular formula is C15H19F3O. The lowest BCUT2D eigenvalue weighted by atomic mass is 9.78. The maximum atomic E-state index is 12.6. The number of rotatable bonds is 3. The van der Waals surface area contributed by atoms with Crippen LogP contribution in [0.15, 0.2) is 30.3 Å². The van der Waals surface area contributed by atoms with Crippen LogP contribution in [-0.4, -0.2) is 17.4 Å². The monoisotopic (exact) mass is 272 g/mol. The Morgan fingerprint density at radius 1 is 1.05 bits per heavy atom. The van der Waals surface area contributed by atoms with E-state index in [4.69, 9.17) is 0 Å². The molecule has 0 saturated heterocycles. The Kier molecular flexibility index (Phi) is 4.50. The van der Waals surface area contributed by atoms with Crippen LogP contribution in [0.4, 0.5) is 13.2 Å². The Balaban J connectivity index is 1.84. The zero-order valence-electron chi connectivity index (χ0n) is 10.7. The molecule has 1 aromatic carbocycles. The van der Waals surface area contributed by atoms with Gasteiger partial charge in [-0.1, -0.05) is 30.3 Å². The maximum Gasteiger partial charge on any atom is 0.391 e. The Hall–Kier alpha value is -1.03. The standard InChI is InChI=1S/C15H19F3O/c16-15(17,18)13-8-6-12(7-9-13)14(19)10-11-4-2-1-3-5-11/h1-5,12-14,19H,6-10H2. The number of aliphatic hydroxyl groups is 1. The fraction of sp³-hybridized carbons (Fsp3) is 0.600. The third-order valence-corrected chi connectivity index (χ3v) is 4.07. The van der Waals surface area contributed by atoms with Crippen LogP contribution in [0, 0.1) is 11.8 Å². The number of aliphatic hydroxyl groups excluding tert-OH is 1. The predicted octanol–water partition coefficient (Wildman–Crippen LogP) is 3.96. The van der Waals surface area contributed by atoms with E-state index in [0.717, 1.165) is 5.56 Å². The van der Waals surface area contributed by atoms with E-state index >= 15 is 0 Å². The average molecular weight is 272 g/mol. The average Bonchev–Trinajstić information content (AvgIpc) is 2.39. The van der Waals surface area contributed by atoms with E-state index in [1.165, 1.54) is 0 Å². The van der Waals surface area contributed by atoms with Crippen LogP contribution in [0.3, 0.4) is 0 Å². The van der Waals surface area contributed by atoms with E-state index in [1.54, 1.807) is 0 Å². The van der Waals surface area contributed by atoms with Gasteiger partial charge in [0.2, 0.25) is 0 Å². The molecule has 1 nitrogen and oxygen atoms in total. The maximum absolute atomic E-state index is 12.6. The largest absolute Gasteiger partial charge is 0.392 e. The molecule has 1 atom stereocenters. The summed E-state index contributed by atoms with van der Waals surface area (Å²) in [4.78, 5) is 0. The van der Waals surface area contributed by atoms with Crippen molar-refractivity contribution < 1.29 is 18.3 Å². The number of halogens is 3. The first kappa shape index (κ1) is 14.4. The molecule has 0 aromatic heterocycles. The van der Waals surface area contributed by atoms with Crippen LogP contribution in [-0.2, 0) is 6.42 Å². The summed E-state index contributed by atoms with van der Waals surface area (Å²) in [7, 11) is 0. The van der Waals surface area contributed by atoms with E-state index in [9.17, 15) is 18.3 Å². The Morgan fingerprint density at radius 3 is 2.16 bits per heavy atom. The van der Waals surface area contributed by atoms with E-state index in [2.05, 4.69) is 0 Å². The number of hydrogen-bond donors (Lipinski definition) is 1. The smallest absolute Gasteiger partial charge is 0.391 e. The molecule has 0 amide bonds. The molecule has 106 valence electrons. The summed E-state index contributed by atoms with van der Waals surface area (Å²) >= 11 is 0. The van der Waals surface area contributed by atoms with E-state index < -0.39 is 18.2 Å². The van der Waals surface area contributed by atoms with Crippen molar-refractivity contribution in [2.75, 3.05) is 0 Å². The fourth-order valence-electron chi connectivity index (χ4n) is 2.85. The van der Waals surface area contributed by atoms with Gasteiger partial charge < -0.3 is 5.11 Å². The van der Waals surface area contributed by atoms with Gasteiger partial charge in [-0.15, -0.1) is 0 Å². The third kappa shape index (κ3) is 3.96. The molecule has 0 heterocycles. The van der Waals surface area contributed by atoms with Gasteiger partial charge in [0, 0.05) is 0 Å². The molecule has 1 aliphatic carbocycles. The van der Waals surface area contributed by atoms with Gasteiger partial charge in [0.05, 0.1) is 12.0 Å². The summed E-state index contributed by atoms with van der Waals surface area (Å²) in [6.45, 7) is 0. The van der Waals surface area contributed by atoms with Crippen molar-refractivity contribution in [1.82, 2.24) is 0 Å². The van der Waals surface area contributed by atoms with E-state index in [0.29, 0.717) is 19.3 Å². The molecule has 0 spiro atoms. The zero-order valence-corrected chi connectivity index (χ0v) is 10.7. The summed E-state index contributed by atoms with van der Waals surface area (Å²) in [5.74, 6) is -1.17. The predicted molar refractivity (Wildman–Crippen MR) is 67.7 cm³/mol. The van der Waals surface area contributed by atoms with Gasteiger partial charge >= 0.3 is 6.18 Å². The van der Waals surface area contributed by atoms with Gasteiger partial charge in [-0.05, 0) is 43.6 Å². The van der Waals surface area contributed by atoms with Gasteiger partial charge in [-0.25, -0.2) is 0 Å². The van der Waals surface area contributed by atoms with E-state index in [1.807, 2.05) is 30.3 Å². The third-order valence-electron chi connectivity index (χ3n) is 4.07. The topological polar surface area (TPSA) is 20.2 Å². The first-order valence-corrected chi connectivity index (χ1v) is 6.75. The van der Waals surface area contributed by atoms with E-state index in [-0.39, 0.29) is 18.8 Å². The summed E-state index contributed by atoms with van der Waals surface area (Å²) in [5.41, 5.74) is 1.04. The molecule has 1 aliphatic rings. The van der Waals surface area contributed by atoms with Gasteiger partial charge in [0.1, 0.15) is 0 Å². The van der Waals surface area contributed by atoms with Gasteiger partial charge in [0.25, 0.3) is 0 Å². The normalized spacial score (nSPS) is 26.1. The molecule has 4 heteroatoms. The highest BCUT2D eigenvalue weighted by Gasteiger charge is 2.42. The highest BCUT2D eigenvalue weighted by molar-refractivity contribution is 5.15. The minimum atomic E-state index is -4.07. The molecule has 1 fully saturated rings. The second kappa shape index (κ2) is 5.95. The summed E-state index contributed by atoms with van der Waals surface area (Å²) in [6, 6.07) is 9.59. The Labute approximate surface area is 111 Å². The first-order chi connectivity index (χ1) is 8.97. The number of alkyl halides is 3. The summed E-state index contributed by atoms with van der Waals surface area (Å²) in [6.07, 6.45) is -2.83. The molecule has 1 saturated carbocycles. The first-order valence-electron chi connectivity index (χ1n) is 6.75. The van der Waals surface area contributed by atoms with Crippen molar-refractivity contribution in [2.24, 2.45) is 11.8 Å². The Morgan fingerprint density at radius 2 is 1.63 bits per heavy atom. The second-order valence-electron chi connectivity index (χ2n) is 5.41. The Bertz CT molecular complexity index is 380. The molecule has 1 aromatic rings. The van der Waals surface area contributed by atoms with Crippen LogP contribution in [0.5, 0.6) is 0 Å². The van der Waals surface area contributed by atoms with Crippen molar-refractivity contribution in [1.29, 1.82) is 0 Å². The molecule has 1 N–H and O–H groups in total.